The van der Waals surface area contributed by atoms with Gasteiger partial charge in [0.25, 0.3) is 5.91 Å². The molecule has 0 aliphatic carbocycles. The minimum atomic E-state index is -0.463. The predicted molar refractivity (Wildman–Crippen MR) is 151 cm³/mol. The number of phenols is 1. The summed E-state index contributed by atoms with van der Waals surface area (Å²) in [5.41, 5.74) is 0.182. The lowest BCUT2D eigenvalue weighted by molar-refractivity contribution is -0.148. The molecule has 0 fully saturated rings. The monoisotopic (exact) mass is 509 g/mol. The summed E-state index contributed by atoms with van der Waals surface area (Å²) in [5, 5.41) is 12.2. The second kappa shape index (κ2) is 23.0. The smallest absolute Gasteiger partial charge is 0.332 e. The van der Waals surface area contributed by atoms with Crippen molar-refractivity contribution in [1.29, 1.82) is 0 Å². The normalized spacial score (nSPS) is 12.0. The van der Waals surface area contributed by atoms with Crippen molar-refractivity contribution < 1.29 is 24.2 Å². The number of esters is 1. The summed E-state index contributed by atoms with van der Waals surface area (Å²) >= 11 is 0. The van der Waals surface area contributed by atoms with E-state index < -0.39 is 11.9 Å². The molecule has 0 heterocycles. The molecule has 1 amide bonds. The lowest BCUT2D eigenvalue weighted by atomic mass is 10.2. The van der Waals surface area contributed by atoms with E-state index in [1.54, 1.807) is 12.1 Å². The molecule has 0 atom stereocenters. The van der Waals surface area contributed by atoms with Crippen LogP contribution >= 0.6 is 0 Å². The van der Waals surface area contributed by atoms with Gasteiger partial charge in [-0.05, 0) is 63.5 Å². The number of rotatable bonds is 20. The van der Waals surface area contributed by atoms with Gasteiger partial charge in [0, 0.05) is 6.61 Å². The van der Waals surface area contributed by atoms with Gasteiger partial charge >= 0.3 is 5.97 Å². The fourth-order valence-corrected chi connectivity index (χ4v) is 3.12. The topological polar surface area (TPSA) is 84.9 Å². The molecule has 2 N–H and O–H groups in total. The van der Waals surface area contributed by atoms with Gasteiger partial charge in [0.15, 0.2) is 0 Å². The van der Waals surface area contributed by atoms with Gasteiger partial charge in [-0.15, -0.1) is 0 Å². The Morgan fingerprint density at radius 3 is 2.03 bits per heavy atom. The molecule has 1 aromatic carbocycles. The van der Waals surface area contributed by atoms with E-state index in [4.69, 9.17) is 9.47 Å². The highest BCUT2D eigenvalue weighted by atomic mass is 16.6. The molecule has 1 aromatic rings. The number of amides is 1. The Bertz CT molecular complexity index is 899. The third-order valence-corrected chi connectivity index (χ3v) is 5.09. The maximum absolute atomic E-state index is 11.9. The number of para-hydroxylation sites is 1. The number of hydrogen-bond acceptors (Lipinski definition) is 5. The number of benzene rings is 1. The van der Waals surface area contributed by atoms with Crippen LogP contribution in [0.2, 0.25) is 0 Å². The van der Waals surface area contributed by atoms with Crippen molar-refractivity contribution in [2.24, 2.45) is 0 Å². The third-order valence-electron chi connectivity index (χ3n) is 5.09. The Labute approximate surface area is 222 Å². The van der Waals surface area contributed by atoms with Crippen molar-refractivity contribution in [3.8, 4) is 5.75 Å². The molecule has 0 aliphatic rings. The molecule has 37 heavy (non-hydrogen) atoms. The van der Waals surface area contributed by atoms with E-state index in [0.717, 1.165) is 51.4 Å². The van der Waals surface area contributed by atoms with Gasteiger partial charge in [-0.2, -0.15) is 0 Å². The number of unbranched alkanes of at least 4 members (excludes halogenated alkanes) is 2. The molecule has 6 heteroatoms. The number of nitrogens with one attached hydrogen (secondary N) is 1. The minimum Gasteiger partial charge on any atom is -0.507 e. The first-order valence-corrected chi connectivity index (χ1v) is 13.2. The zero-order valence-corrected chi connectivity index (χ0v) is 22.1. The summed E-state index contributed by atoms with van der Waals surface area (Å²) in [5.74, 6) is -0.973. The Balaban J connectivity index is 1.91. The number of carbonyl (C=O) groups is 2. The standard InChI is InChI=1S/C31H43NO5/c1-2-3-4-5-6-7-8-9-10-11-12-13-14-15-16-17-18-21-25-36-27-30(34)37-26-24-32-31(35)28-22-19-20-23-29(28)33/h3-4,6-7,9-10,12-13,15-16,19-20,22-23,33H,2,5,8,11,14,17-18,21,24-27H2,1H3,(H,32,35). The van der Waals surface area contributed by atoms with Crippen LogP contribution in [0, 0.1) is 0 Å². The number of aromatic hydroxyl groups is 1. The zero-order valence-electron chi connectivity index (χ0n) is 22.1. The largest absolute Gasteiger partial charge is 0.507 e. The van der Waals surface area contributed by atoms with E-state index in [0.29, 0.717) is 6.61 Å². The van der Waals surface area contributed by atoms with Crippen LogP contribution in [0.3, 0.4) is 0 Å². The van der Waals surface area contributed by atoms with Gasteiger partial charge in [0.05, 0.1) is 12.1 Å². The van der Waals surface area contributed by atoms with Crippen molar-refractivity contribution in [3.63, 3.8) is 0 Å². The minimum absolute atomic E-state index is 0.0472. The SMILES string of the molecule is CCC=CCC=CCC=CCC=CCC=CCCCCOCC(=O)OCCNC(=O)c1ccccc1O. The van der Waals surface area contributed by atoms with Crippen molar-refractivity contribution in [2.75, 3.05) is 26.4 Å². The molecule has 202 valence electrons. The van der Waals surface area contributed by atoms with Gasteiger partial charge in [-0.25, -0.2) is 4.79 Å². The highest BCUT2D eigenvalue weighted by molar-refractivity contribution is 5.96. The summed E-state index contributed by atoms with van der Waals surface area (Å²) in [6.07, 6.45) is 29.7. The van der Waals surface area contributed by atoms with Crippen molar-refractivity contribution >= 4 is 11.9 Å². The van der Waals surface area contributed by atoms with E-state index in [-0.39, 0.29) is 31.1 Å². The number of hydrogen-bond donors (Lipinski definition) is 2. The summed E-state index contributed by atoms with van der Waals surface area (Å²) < 4.78 is 10.4. The number of carbonyl (C=O) groups excluding carboxylic acids is 2. The molecule has 1 rings (SSSR count). The summed E-state index contributed by atoms with van der Waals surface area (Å²) in [6, 6.07) is 6.26. The molecule has 0 bridgehead atoms. The van der Waals surface area contributed by atoms with Crippen molar-refractivity contribution in [3.05, 3.63) is 90.6 Å². The molecule has 0 saturated heterocycles. The Morgan fingerprint density at radius 2 is 1.41 bits per heavy atom. The molecule has 0 radical (unpaired) electrons. The third kappa shape index (κ3) is 18.5. The Hall–Kier alpha value is -3.38. The maximum Gasteiger partial charge on any atom is 0.332 e. The first-order chi connectivity index (χ1) is 18.1. The molecule has 0 unspecified atom stereocenters. The van der Waals surface area contributed by atoms with E-state index in [2.05, 4.69) is 73.0 Å². The van der Waals surface area contributed by atoms with Crippen LogP contribution in [-0.4, -0.2) is 43.3 Å². The first kappa shape index (κ1) is 31.6. The number of ether oxygens (including phenoxy) is 2. The van der Waals surface area contributed by atoms with E-state index in [9.17, 15) is 14.7 Å². The summed E-state index contributed by atoms with van der Waals surface area (Å²) in [6.45, 7) is 2.75. The number of allylic oxidation sites excluding steroid dienone is 10. The van der Waals surface area contributed by atoms with E-state index >= 15 is 0 Å². The van der Waals surface area contributed by atoms with Crippen molar-refractivity contribution in [1.82, 2.24) is 5.32 Å². The quantitative estimate of drug-likeness (QED) is 0.117. The van der Waals surface area contributed by atoms with E-state index in [1.807, 2.05) is 0 Å². The molecule has 6 nitrogen and oxygen atoms in total. The highest BCUT2D eigenvalue weighted by Gasteiger charge is 2.09. The number of phenolic OH excluding ortho intramolecular Hbond substituents is 1. The second-order valence-corrected chi connectivity index (χ2v) is 8.25. The van der Waals surface area contributed by atoms with Crippen LogP contribution in [0.25, 0.3) is 0 Å². The molecule has 0 spiro atoms. The maximum atomic E-state index is 11.9. The van der Waals surface area contributed by atoms with Crippen LogP contribution in [0.5, 0.6) is 5.75 Å². The summed E-state index contributed by atoms with van der Waals surface area (Å²) in [4.78, 5) is 23.6. The van der Waals surface area contributed by atoms with Crippen LogP contribution in [0.15, 0.2) is 85.0 Å². The molecule has 0 aromatic heterocycles. The Morgan fingerprint density at radius 1 is 0.811 bits per heavy atom. The van der Waals surface area contributed by atoms with Crippen LogP contribution in [-0.2, 0) is 14.3 Å². The fourth-order valence-electron chi connectivity index (χ4n) is 3.12. The molecular weight excluding hydrogens is 466 g/mol. The van der Waals surface area contributed by atoms with E-state index in [1.165, 1.54) is 12.1 Å². The first-order valence-electron chi connectivity index (χ1n) is 13.2. The average molecular weight is 510 g/mol. The van der Waals surface area contributed by atoms with Gasteiger partial charge in [0.1, 0.15) is 19.0 Å². The van der Waals surface area contributed by atoms with Gasteiger partial charge in [0.2, 0.25) is 0 Å². The molecule has 0 saturated carbocycles. The van der Waals surface area contributed by atoms with Gasteiger partial charge < -0.3 is 19.9 Å². The fraction of sp³-hybridized carbons (Fsp3) is 0.419. The molecule has 0 aliphatic heterocycles. The second-order valence-electron chi connectivity index (χ2n) is 8.25. The van der Waals surface area contributed by atoms with Gasteiger partial charge in [-0.1, -0.05) is 79.8 Å². The van der Waals surface area contributed by atoms with Crippen molar-refractivity contribution in [2.45, 2.75) is 58.3 Å². The predicted octanol–water partition coefficient (Wildman–Crippen LogP) is 6.60. The lowest BCUT2D eigenvalue weighted by Crippen LogP contribution is -2.28. The Kier molecular flexibility index (Phi) is 19.7. The van der Waals surface area contributed by atoms with Crippen LogP contribution in [0.1, 0.15) is 68.6 Å². The lowest BCUT2D eigenvalue weighted by Gasteiger charge is -2.08. The average Bonchev–Trinajstić information content (AvgIpc) is 2.90. The zero-order chi connectivity index (χ0) is 26.8. The summed E-state index contributed by atoms with van der Waals surface area (Å²) in [7, 11) is 0. The molecular formula is C31H43NO5. The van der Waals surface area contributed by atoms with Crippen LogP contribution in [0.4, 0.5) is 0 Å². The highest BCUT2D eigenvalue weighted by Crippen LogP contribution is 2.14. The van der Waals surface area contributed by atoms with Crippen LogP contribution < -0.4 is 5.32 Å². The van der Waals surface area contributed by atoms with Gasteiger partial charge in [-0.3, -0.25) is 4.79 Å².